The molecule has 2 fully saturated rings. The number of amidine groups is 1. The van der Waals surface area contributed by atoms with Gasteiger partial charge in [0.25, 0.3) is 5.91 Å². The first-order chi connectivity index (χ1) is 13.7. The number of thioether (sulfide) groups is 1. The first-order valence-corrected chi connectivity index (χ1v) is 12.4. The topological polar surface area (TPSA) is 66.8 Å². The third kappa shape index (κ3) is 4.22. The third-order valence-electron chi connectivity index (χ3n) is 5.21. The molecule has 0 aromatic heterocycles. The second-order valence-electron chi connectivity index (χ2n) is 7.52. The van der Waals surface area contributed by atoms with Gasteiger partial charge in [-0.2, -0.15) is 4.99 Å². The minimum Gasteiger partial charge on any atom is -0.315 e. The van der Waals surface area contributed by atoms with Gasteiger partial charge in [-0.25, -0.2) is 8.42 Å². The average Bonchev–Trinajstić information content (AvgIpc) is 3.10. The molecule has 0 unspecified atom stereocenters. The van der Waals surface area contributed by atoms with Gasteiger partial charge < -0.3 is 4.90 Å². The van der Waals surface area contributed by atoms with Crippen molar-refractivity contribution < 1.29 is 13.2 Å². The molecule has 0 N–H and O–H groups in total. The number of benzene rings is 2. The summed E-state index contributed by atoms with van der Waals surface area (Å²) in [5, 5.41) is 0.988. The summed E-state index contributed by atoms with van der Waals surface area (Å²) < 4.78 is 24.4. The Morgan fingerprint density at radius 1 is 1.21 bits per heavy atom. The van der Waals surface area contributed by atoms with E-state index in [1.54, 1.807) is 6.07 Å². The lowest BCUT2D eigenvalue weighted by atomic mass is 10.1. The van der Waals surface area contributed by atoms with Crippen molar-refractivity contribution in [1.82, 2.24) is 0 Å². The SMILES string of the molecule is Cc1ccc(C)c(N2C(=NC(=O)Cc3ccccc3Cl)S[C@H]3CS(=O)(=O)C[C@@H]32)c1. The van der Waals surface area contributed by atoms with Gasteiger partial charge in [-0.15, -0.1) is 0 Å². The molecule has 152 valence electrons. The number of hydrogen-bond acceptors (Lipinski definition) is 4. The lowest BCUT2D eigenvalue weighted by Gasteiger charge is -2.26. The summed E-state index contributed by atoms with van der Waals surface area (Å²) in [5.41, 5.74) is 3.73. The van der Waals surface area contributed by atoms with Gasteiger partial charge in [-0.3, -0.25) is 4.79 Å². The number of rotatable bonds is 3. The minimum atomic E-state index is -3.10. The Hall–Kier alpha value is -1.83. The number of fused-ring (bicyclic) bond motifs is 1. The van der Waals surface area contributed by atoms with Crippen LogP contribution >= 0.6 is 23.4 Å². The van der Waals surface area contributed by atoms with E-state index in [0.717, 1.165) is 22.4 Å². The Morgan fingerprint density at radius 3 is 2.72 bits per heavy atom. The van der Waals surface area contributed by atoms with Crippen LogP contribution in [-0.2, 0) is 21.1 Å². The molecule has 2 aliphatic heterocycles. The van der Waals surface area contributed by atoms with Gasteiger partial charge in [0.05, 0.1) is 24.0 Å². The zero-order chi connectivity index (χ0) is 20.8. The number of amides is 1. The van der Waals surface area contributed by atoms with E-state index in [-0.39, 0.29) is 35.1 Å². The van der Waals surface area contributed by atoms with E-state index in [1.807, 2.05) is 55.1 Å². The number of anilines is 1. The molecule has 2 atom stereocenters. The molecule has 2 saturated heterocycles. The molecule has 0 bridgehead atoms. The van der Waals surface area contributed by atoms with Crippen LogP contribution in [0.1, 0.15) is 16.7 Å². The number of carbonyl (C=O) groups is 1. The first kappa shape index (κ1) is 20.4. The maximum Gasteiger partial charge on any atom is 0.252 e. The Balaban J connectivity index is 1.70. The van der Waals surface area contributed by atoms with E-state index >= 15 is 0 Å². The summed E-state index contributed by atoms with van der Waals surface area (Å²) in [6.07, 6.45) is 0.109. The van der Waals surface area contributed by atoms with E-state index in [1.165, 1.54) is 11.8 Å². The van der Waals surface area contributed by atoms with Crippen molar-refractivity contribution in [3.63, 3.8) is 0 Å². The van der Waals surface area contributed by atoms with E-state index in [9.17, 15) is 13.2 Å². The number of aryl methyl sites for hydroxylation is 2. The van der Waals surface area contributed by atoms with E-state index in [2.05, 4.69) is 4.99 Å². The van der Waals surface area contributed by atoms with Crippen molar-refractivity contribution >= 4 is 50.0 Å². The fourth-order valence-electron chi connectivity index (χ4n) is 3.78. The van der Waals surface area contributed by atoms with Crippen LogP contribution < -0.4 is 4.90 Å². The highest BCUT2D eigenvalue weighted by Gasteiger charge is 2.49. The Kier molecular flexibility index (Phi) is 5.48. The zero-order valence-electron chi connectivity index (χ0n) is 16.1. The maximum atomic E-state index is 12.7. The number of nitrogens with zero attached hydrogens (tertiary/aromatic N) is 2. The van der Waals surface area contributed by atoms with Gasteiger partial charge in [0, 0.05) is 16.0 Å². The van der Waals surface area contributed by atoms with Crippen LogP contribution in [0.25, 0.3) is 0 Å². The lowest BCUT2D eigenvalue weighted by Crippen LogP contribution is -2.38. The lowest BCUT2D eigenvalue weighted by molar-refractivity contribution is -0.117. The molecule has 4 rings (SSSR count). The average molecular weight is 449 g/mol. The largest absolute Gasteiger partial charge is 0.315 e. The molecular weight excluding hydrogens is 428 g/mol. The summed E-state index contributed by atoms with van der Waals surface area (Å²) in [6, 6.07) is 13.1. The summed E-state index contributed by atoms with van der Waals surface area (Å²) >= 11 is 7.56. The van der Waals surface area contributed by atoms with Crippen molar-refractivity contribution in [3.8, 4) is 0 Å². The molecule has 8 heteroatoms. The maximum absolute atomic E-state index is 12.7. The fraction of sp³-hybridized carbons (Fsp3) is 0.333. The van der Waals surface area contributed by atoms with Crippen molar-refractivity contribution in [1.29, 1.82) is 0 Å². The Bertz CT molecular complexity index is 1110. The number of aliphatic imine (C=N–C) groups is 1. The summed E-state index contributed by atoms with van der Waals surface area (Å²) in [7, 11) is -3.10. The molecule has 0 aliphatic carbocycles. The molecule has 2 aliphatic rings. The number of halogens is 1. The van der Waals surface area contributed by atoms with Gasteiger partial charge in [0.15, 0.2) is 15.0 Å². The molecule has 2 aromatic rings. The molecule has 0 spiro atoms. The second kappa shape index (κ2) is 7.78. The van der Waals surface area contributed by atoms with Crippen LogP contribution in [0.3, 0.4) is 0 Å². The Morgan fingerprint density at radius 2 is 1.97 bits per heavy atom. The van der Waals surface area contributed by atoms with E-state index in [4.69, 9.17) is 11.6 Å². The van der Waals surface area contributed by atoms with Crippen molar-refractivity contribution in [2.24, 2.45) is 4.99 Å². The predicted molar refractivity (Wildman–Crippen MR) is 120 cm³/mol. The minimum absolute atomic E-state index is 0.0791. The first-order valence-electron chi connectivity index (χ1n) is 9.32. The number of hydrogen-bond donors (Lipinski definition) is 0. The predicted octanol–water partition coefficient (Wildman–Crippen LogP) is 3.80. The molecule has 0 radical (unpaired) electrons. The molecule has 2 aromatic carbocycles. The normalized spacial score (nSPS) is 24.1. The van der Waals surface area contributed by atoms with Gasteiger partial charge in [-0.1, -0.05) is 53.7 Å². The third-order valence-corrected chi connectivity index (χ3v) is 8.79. The van der Waals surface area contributed by atoms with Crippen molar-refractivity contribution in [2.75, 3.05) is 16.4 Å². The Labute approximate surface area is 180 Å². The number of sulfone groups is 1. The second-order valence-corrected chi connectivity index (χ2v) is 11.3. The highest BCUT2D eigenvalue weighted by molar-refractivity contribution is 8.16. The standard InChI is InChI=1S/C21H21ClN2O3S2/c1-13-7-8-14(2)17(9-13)24-18-11-29(26,27)12-19(18)28-21(24)23-20(25)10-15-5-3-4-6-16(15)22/h3-9,18-19H,10-12H2,1-2H3/t18-,19-/m0/s1. The summed E-state index contributed by atoms with van der Waals surface area (Å²) in [6.45, 7) is 3.98. The molecular formula is C21H21ClN2O3S2. The van der Waals surface area contributed by atoms with Gasteiger partial charge >= 0.3 is 0 Å². The van der Waals surface area contributed by atoms with E-state index < -0.39 is 9.84 Å². The molecule has 0 saturated carbocycles. The van der Waals surface area contributed by atoms with Crippen LogP contribution in [0.5, 0.6) is 0 Å². The van der Waals surface area contributed by atoms with E-state index in [0.29, 0.717) is 10.2 Å². The summed E-state index contributed by atoms with van der Waals surface area (Å²) in [5.74, 6) is -0.101. The van der Waals surface area contributed by atoms with Crippen molar-refractivity contribution in [3.05, 3.63) is 64.2 Å². The van der Waals surface area contributed by atoms with Crippen LogP contribution in [0, 0.1) is 13.8 Å². The zero-order valence-corrected chi connectivity index (χ0v) is 18.5. The highest BCUT2D eigenvalue weighted by Crippen LogP contribution is 2.42. The van der Waals surface area contributed by atoms with Gasteiger partial charge in [0.2, 0.25) is 0 Å². The van der Waals surface area contributed by atoms with Crippen LogP contribution in [0.15, 0.2) is 47.5 Å². The smallest absolute Gasteiger partial charge is 0.252 e. The quantitative estimate of drug-likeness (QED) is 0.714. The van der Waals surface area contributed by atoms with Crippen LogP contribution in [-0.4, -0.2) is 42.3 Å². The summed E-state index contributed by atoms with van der Waals surface area (Å²) in [4.78, 5) is 19.0. The van der Waals surface area contributed by atoms with Gasteiger partial charge in [0.1, 0.15) is 0 Å². The van der Waals surface area contributed by atoms with Crippen molar-refractivity contribution in [2.45, 2.75) is 31.6 Å². The molecule has 5 nitrogen and oxygen atoms in total. The molecule has 29 heavy (non-hydrogen) atoms. The van der Waals surface area contributed by atoms with Crippen LogP contribution in [0.2, 0.25) is 5.02 Å². The number of carbonyl (C=O) groups excluding carboxylic acids is 1. The van der Waals surface area contributed by atoms with Crippen LogP contribution in [0.4, 0.5) is 5.69 Å². The highest BCUT2D eigenvalue weighted by atomic mass is 35.5. The monoisotopic (exact) mass is 448 g/mol. The van der Waals surface area contributed by atoms with Gasteiger partial charge in [-0.05, 0) is 42.7 Å². The fourth-order valence-corrected chi connectivity index (χ4v) is 7.90. The molecule has 2 heterocycles. The molecule has 1 amide bonds.